The van der Waals surface area contributed by atoms with Crippen molar-refractivity contribution in [2.45, 2.75) is 149 Å². The Morgan fingerprint density at radius 1 is 0.639 bits per heavy atom. The number of aliphatic hydroxyl groups excluding tert-OH is 1. The Kier molecular flexibility index (Phi) is 36.8. The van der Waals surface area contributed by atoms with E-state index in [1.165, 1.54) is 84.0 Å². The Bertz CT molecular complexity index is 479. The summed E-state index contributed by atoms with van der Waals surface area (Å²) in [4.78, 5) is 23.5. The van der Waals surface area contributed by atoms with E-state index in [4.69, 9.17) is 14.2 Å². The van der Waals surface area contributed by atoms with Crippen LogP contribution in [0.3, 0.4) is 0 Å². The van der Waals surface area contributed by atoms with Crippen molar-refractivity contribution in [3.8, 4) is 0 Å². The number of hydrogen-bond acceptors (Lipinski definition) is 6. The van der Waals surface area contributed by atoms with Crippen LogP contribution in [0.25, 0.3) is 0 Å². The molecule has 0 aromatic rings. The molecule has 0 heterocycles. The van der Waals surface area contributed by atoms with Crippen molar-refractivity contribution in [3.05, 3.63) is 0 Å². The molecule has 0 amide bonds. The zero-order chi connectivity index (χ0) is 25.3. The summed E-state index contributed by atoms with van der Waals surface area (Å²) in [5.41, 5.74) is 0. The number of esters is 2. The molecule has 1 N–H and O–H groups in total. The number of rotatable bonds is 25. The fourth-order valence-corrected chi connectivity index (χ4v) is 4.10. The molecule has 36 heavy (non-hydrogen) atoms. The number of hydrogen-bond donors (Lipinski definition) is 1. The van der Waals surface area contributed by atoms with E-state index in [-0.39, 0.29) is 91.0 Å². The second-order valence-corrected chi connectivity index (χ2v) is 9.57. The van der Waals surface area contributed by atoms with Crippen molar-refractivity contribution >= 4 is 71.1 Å². The van der Waals surface area contributed by atoms with Crippen LogP contribution in [0.2, 0.25) is 0 Å². The van der Waals surface area contributed by atoms with Gasteiger partial charge in [0.1, 0.15) is 18.8 Å². The summed E-state index contributed by atoms with van der Waals surface area (Å²) in [5, 5.41) is 9.51. The van der Waals surface area contributed by atoms with Crippen LogP contribution in [-0.4, -0.2) is 108 Å². The molecule has 0 aliphatic rings. The van der Waals surface area contributed by atoms with Gasteiger partial charge in [0.25, 0.3) is 0 Å². The molecule has 0 aromatic carbocycles. The van der Waals surface area contributed by atoms with Crippen LogP contribution in [0.4, 0.5) is 0 Å². The molecule has 0 aliphatic heterocycles. The Morgan fingerprint density at radius 2 is 1.06 bits per heavy atom. The van der Waals surface area contributed by atoms with Gasteiger partial charge in [0.15, 0.2) is 0 Å². The summed E-state index contributed by atoms with van der Waals surface area (Å²) < 4.78 is 16.2. The molecule has 0 aromatic heterocycles. The quantitative estimate of drug-likeness (QED) is 0.0932. The Morgan fingerprint density at radius 3 is 1.47 bits per heavy atom. The monoisotopic (exact) mass is 534 g/mol. The van der Waals surface area contributed by atoms with Gasteiger partial charge in [-0.25, -0.2) is 4.79 Å². The van der Waals surface area contributed by atoms with Crippen LogP contribution in [0.5, 0.6) is 0 Å². The fourth-order valence-electron chi connectivity index (χ4n) is 4.10. The third-order valence-corrected chi connectivity index (χ3v) is 6.12. The molecule has 2 unspecified atom stereocenters. The average Bonchev–Trinajstić information content (AvgIpc) is 2.81. The van der Waals surface area contributed by atoms with Crippen molar-refractivity contribution < 1.29 is 28.9 Å². The van der Waals surface area contributed by atoms with E-state index in [9.17, 15) is 14.7 Å². The summed E-state index contributed by atoms with van der Waals surface area (Å²) in [6, 6.07) is 0. The summed E-state index contributed by atoms with van der Waals surface area (Å²) in [6.07, 6.45) is 20.0. The molecule has 0 saturated carbocycles. The maximum atomic E-state index is 12.1. The van der Waals surface area contributed by atoms with E-state index in [1.807, 2.05) is 0 Å². The second-order valence-electron chi connectivity index (χ2n) is 9.57. The van der Waals surface area contributed by atoms with Gasteiger partial charge in [-0.2, -0.15) is 0 Å². The Balaban J connectivity index is -0.00000544. The molecule has 0 aliphatic carbocycles. The van der Waals surface area contributed by atoms with Crippen LogP contribution >= 0.6 is 0 Å². The predicted octanol–water partition coefficient (Wildman–Crippen LogP) is 5.60. The fraction of sp³-hybridized carbons (Fsp3) is 0.929. The van der Waals surface area contributed by atoms with Crippen molar-refractivity contribution in [1.29, 1.82) is 0 Å². The molecule has 0 fully saturated rings. The van der Waals surface area contributed by atoms with Crippen LogP contribution in [-0.2, 0) is 23.8 Å². The molecule has 2 atom stereocenters. The third-order valence-electron chi connectivity index (χ3n) is 6.12. The van der Waals surface area contributed by atoms with Gasteiger partial charge in [0.05, 0.1) is 13.2 Å². The number of carbonyl (C=O) groups excluding carboxylic acids is 2. The van der Waals surface area contributed by atoms with E-state index in [0.717, 1.165) is 32.1 Å². The molecule has 0 spiro atoms. The van der Waals surface area contributed by atoms with E-state index < -0.39 is 12.1 Å². The second kappa shape index (κ2) is 32.1. The Labute approximate surface area is 266 Å². The van der Waals surface area contributed by atoms with Gasteiger partial charge >= 0.3 is 71.1 Å². The van der Waals surface area contributed by atoms with Crippen molar-refractivity contribution in [2.75, 3.05) is 19.8 Å². The molecule has 6 nitrogen and oxygen atoms in total. The summed E-state index contributed by atoms with van der Waals surface area (Å²) in [7, 11) is 0. The minimum atomic E-state index is -0.479. The molecule has 0 radical (unpaired) electrons. The topological polar surface area (TPSA) is 82.1 Å². The molecular weight excluding hydrogens is 478 g/mol. The first-order chi connectivity index (χ1) is 16.5. The van der Waals surface area contributed by atoms with Crippen molar-refractivity contribution in [2.24, 2.45) is 0 Å². The maximum absolute atomic E-state index is 12.1. The van der Waals surface area contributed by atoms with Crippen LogP contribution in [0.1, 0.15) is 136 Å². The molecule has 0 rings (SSSR count). The average molecular weight is 535 g/mol. The first-order valence-corrected chi connectivity index (χ1v) is 14.1. The van der Waals surface area contributed by atoms with Crippen molar-refractivity contribution in [3.63, 3.8) is 0 Å². The predicted molar refractivity (Wildman–Crippen MR) is 152 cm³/mol. The van der Waals surface area contributed by atoms with Gasteiger partial charge in [-0.3, -0.25) is 4.79 Å². The van der Waals surface area contributed by atoms with Gasteiger partial charge in [-0.05, 0) is 25.7 Å². The molecule has 206 valence electrons. The number of ether oxygens (including phenoxy) is 3. The van der Waals surface area contributed by atoms with E-state index in [1.54, 1.807) is 0 Å². The normalized spacial score (nSPS) is 12.2. The minimum absolute atomic E-state index is 0. The zero-order valence-electron chi connectivity index (χ0n) is 22.5. The molecule has 0 saturated heterocycles. The SMILES string of the molecule is CCCCCCCCCCC(COCC(=O)OC(CO)CCCCCCCCCC)OC(C)=O.[NaH].[NaH]. The van der Waals surface area contributed by atoms with Gasteiger partial charge in [-0.1, -0.05) is 104 Å². The number of aliphatic hydroxyl groups is 1. The zero-order valence-corrected chi connectivity index (χ0v) is 22.5. The summed E-state index contributed by atoms with van der Waals surface area (Å²) in [5.74, 6) is -0.811. The molecule has 8 heteroatoms. The third kappa shape index (κ3) is 29.4. The first-order valence-electron chi connectivity index (χ1n) is 14.1. The number of carbonyl (C=O) groups is 2. The van der Waals surface area contributed by atoms with Gasteiger partial charge in [-0.15, -0.1) is 0 Å². The van der Waals surface area contributed by atoms with E-state index in [0.29, 0.717) is 6.42 Å². The molecular formula is C28H56Na2O6. The molecule has 0 bridgehead atoms. The van der Waals surface area contributed by atoms with Gasteiger partial charge in [0, 0.05) is 6.92 Å². The van der Waals surface area contributed by atoms with Crippen LogP contribution in [0, 0.1) is 0 Å². The summed E-state index contributed by atoms with van der Waals surface area (Å²) >= 11 is 0. The van der Waals surface area contributed by atoms with Gasteiger partial charge in [0.2, 0.25) is 0 Å². The van der Waals surface area contributed by atoms with Crippen LogP contribution < -0.4 is 0 Å². The standard InChI is InChI=1S/C28H54O6.2Na.2H/c1-4-6-8-10-12-14-16-18-20-26(22-29)34-28(31)24-32-23-27(33-25(3)30)21-19-17-15-13-11-9-7-5-2;;;;/h26-27,29H,4-24H2,1-3H3;;;;. The van der Waals surface area contributed by atoms with Crippen LogP contribution in [0.15, 0.2) is 0 Å². The van der Waals surface area contributed by atoms with Gasteiger partial charge < -0.3 is 19.3 Å². The van der Waals surface area contributed by atoms with E-state index in [2.05, 4.69) is 13.8 Å². The van der Waals surface area contributed by atoms with E-state index >= 15 is 0 Å². The first kappa shape index (κ1) is 41.3. The number of unbranched alkanes of at least 4 members (excludes halogenated alkanes) is 14. The summed E-state index contributed by atoms with van der Waals surface area (Å²) in [6.45, 7) is 5.66. The Hall–Kier alpha value is 0.860. The van der Waals surface area contributed by atoms with Crippen molar-refractivity contribution in [1.82, 2.24) is 0 Å².